The molecule has 1 aliphatic heterocycles. The number of aliphatic carboxylic acids is 1. The molecule has 1 amide bonds. The maximum absolute atomic E-state index is 13.3. The number of piperidine rings is 1. The van der Waals surface area contributed by atoms with Crippen molar-refractivity contribution in [1.29, 1.82) is 0 Å². The predicted molar refractivity (Wildman–Crippen MR) is 83.4 cm³/mol. The molecule has 2 aliphatic rings. The van der Waals surface area contributed by atoms with Crippen LogP contribution in [0.2, 0.25) is 0 Å². The van der Waals surface area contributed by atoms with Gasteiger partial charge in [-0.3, -0.25) is 9.59 Å². The summed E-state index contributed by atoms with van der Waals surface area (Å²) >= 11 is 0. The van der Waals surface area contributed by atoms with Crippen LogP contribution in [0.1, 0.15) is 43.6 Å². The number of carboxylic acid groups (broad SMARTS) is 1. The average molecular weight is 319 g/mol. The molecule has 124 valence electrons. The minimum atomic E-state index is -0.776. The summed E-state index contributed by atoms with van der Waals surface area (Å²) < 4.78 is 13.3. The summed E-state index contributed by atoms with van der Waals surface area (Å²) in [7, 11) is 0. The minimum absolute atomic E-state index is 0.0324. The fraction of sp³-hybridized carbons (Fsp3) is 0.556. The number of carbonyl (C=O) groups excluding carboxylic acids is 1. The normalized spacial score (nSPS) is 26.8. The van der Waals surface area contributed by atoms with Crippen molar-refractivity contribution < 1.29 is 19.1 Å². The Labute approximate surface area is 135 Å². The smallest absolute Gasteiger partial charge is 0.303 e. The maximum atomic E-state index is 13.3. The molecule has 3 atom stereocenters. The van der Waals surface area contributed by atoms with Crippen molar-refractivity contribution in [2.75, 3.05) is 13.1 Å². The van der Waals surface area contributed by atoms with E-state index in [1.807, 2.05) is 11.0 Å². The maximum Gasteiger partial charge on any atom is 0.303 e. The number of amides is 1. The third kappa shape index (κ3) is 3.89. The van der Waals surface area contributed by atoms with Gasteiger partial charge in [-0.2, -0.15) is 0 Å². The van der Waals surface area contributed by atoms with Gasteiger partial charge in [-0.1, -0.05) is 12.1 Å². The van der Waals surface area contributed by atoms with Gasteiger partial charge in [0.25, 0.3) is 0 Å². The second-order valence-corrected chi connectivity index (χ2v) is 6.73. The van der Waals surface area contributed by atoms with Crippen LogP contribution in [-0.4, -0.2) is 35.0 Å². The number of hydrogen-bond donors (Lipinski definition) is 1. The summed E-state index contributed by atoms with van der Waals surface area (Å²) in [6.07, 6.45) is 3.53. The Kier molecular flexibility index (Phi) is 4.64. The lowest BCUT2D eigenvalue weighted by Crippen LogP contribution is -2.41. The third-order valence-electron chi connectivity index (χ3n) is 4.98. The molecular weight excluding hydrogens is 297 g/mol. The number of carboxylic acids is 1. The van der Waals surface area contributed by atoms with Gasteiger partial charge in [0, 0.05) is 25.4 Å². The highest BCUT2D eigenvalue weighted by Gasteiger charge is 2.46. The standard InChI is InChI=1S/C18H22FNO3/c19-14-5-1-4-13(9-14)15-10-16(15)18(23)20-8-2-3-12(11-20)6-7-17(21)22/h1,4-5,9,12,15-16H,2-3,6-8,10-11H2,(H,21,22)/t12-,15+,16+/m0/s1. The number of rotatable bonds is 5. The molecule has 3 rings (SSSR count). The molecule has 5 heteroatoms. The first-order valence-corrected chi connectivity index (χ1v) is 8.30. The number of hydrogen-bond acceptors (Lipinski definition) is 2. The number of likely N-dealkylation sites (tertiary alicyclic amines) is 1. The molecule has 23 heavy (non-hydrogen) atoms. The molecule has 0 spiro atoms. The van der Waals surface area contributed by atoms with Gasteiger partial charge in [0.05, 0.1) is 0 Å². The zero-order valence-corrected chi connectivity index (χ0v) is 13.1. The Morgan fingerprint density at radius 1 is 1.35 bits per heavy atom. The Balaban J connectivity index is 1.55. The second-order valence-electron chi connectivity index (χ2n) is 6.73. The fourth-order valence-electron chi connectivity index (χ4n) is 3.64. The average Bonchev–Trinajstić information content (AvgIpc) is 3.33. The Morgan fingerprint density at radius 3 is 2.91 bits per heavy atom. The zero-order valence-electron chi connectivity index (χ0n) is 13.1. The molecule has 0 aromatic heterocycles. The van der Waals surface area contributed by atoms with Crippen molar-refractivity contribution in [2.45, 2.75) is 38.0 Å². The molecule has 2 fully saturated rings. The van der Waals surface area contributed by atoms with E-state index in [2.05, 4.69) is 0 Å². The van der Waals surface area contributed by atoms with Crippen LogP contribution in [0.4, 0.5) is 4.39 Å². The molecular formula is C18H22FNO3. The predicted octanol–water partition coefficient (Wildman–Crippen LogP) is 3.03. The molecule has 0 bridgehead atoms. The first-order valence-electron chi connectivity index (χ1n) is 8.30. The van der Waals surface area contributed by atoms with Gasteiger partial charge in [0.15, 0.2) is 0 Å². The summed E-state index contributed by atoms with van der Waals surface area (Å²) in [5, 5.41) is 8.79. The van der Waals surface area contributed by atoms with Crippen molar-refractivity contribution in [2.24, 2.45) is 11.8 Å². The van der Waals surface area contributed by atoms with E-state index in [0.29, 0.717) is 13.0 Å². The molecule has 1 saturated heterocycles. The first-order chi connectivity index (χ1) is 11.0. The molecule has 1 aromatic carbocycles. The van der Waals surface area contributed by atoms with E-state index in [1.165, 1.54) is 12.1 Å². The van der Waals surface area contributed by atoms with Crippen molar-refractivity contribution in [3.8, 4) is 0 Å². The summed E-state index contributed by atoms with van der Waals surface area (Å²) in [4.78, 5) is 25.2. The van der Waals surface area contributed by atoms with Crippen LogP contribution < -0.4 is 0 Å². The highest BCUT2D eigenvalue weighted by atomic mass is 19.1. The molecule has 1 saturated carbocycles. The highest BCUT2D eigenvalue weighted by Crippen LogP contribution is 2.48. The molecule has 0 unspecified atom stereocenters. The minimum Gasteiger partial charge on any atom is -0.481 e. The van der Waals surface area contributed by atoms with Gasteiger partial charge in [-0.25, -0.2) is 4.39 Å². The van der Waals surface area contributed by atoms with Crippen molar-refractivity contribution in [3.05, 3.63) is 35.6 Å². The van der Waals surface area contributed by atoms with Gasteiger partial charge in [0.2, 0.25) is 5.91 Å². The lowest BCUT2D eigenvalue weighted by molar-refractivity contribution is -0.137. The number of benzene rings is 1. The topological polar surface area (TPSA) is 57.6 Å². The monoisotopic (exact) mass is 319 g/mol. The number of carbonyl (C=O) groups is 2. The number of nitrogens with zero attached hydrogens (tertiary/aromatic N) is 1. The van der Waals surface area contributed by atoms with Crippen molar-refractivity contribution in [1.82, 2.24) is 4.90 Å². The van der Waals surface area contributed by atoms with Crippen LogP contribution in [0, 0.1) is 17.7 Å². The largest absolute Gasteiger partial charge is 0.481 e. The summed E-state index contributed by atoms with van der Waals surface area (Å²) in [6, 6.07) is 6.50. The summed E-state index contributed by atoms with van der Waals surface area (Å²) in [6.45, 7) is 1.42. The van der Waals surface area contributed by atoms with Crippen LogP contribution in [-0.2, 0) is 9.59 Å². The van der Waals surface area contributed by atoms with Gasteiger partial charge in [-0.05, 0) is 55.2 Å². The van der Waals surface area contributed by atoms with Crippen LogP contribution >= 0.6 is 0 Å². The van der Waals surface area contributed by atoms with Crippen LogP contribution in [0.5, 0.6) is 0 Å². The fourth-order valence-corrected chi connectivity index (χ4v) is 3.64. The van der Waals surface area contributed by atoms with E-state index in [4.69, 9.17) is 5.11 Å². The zero-order chi connectivity index (χ0) is 16.4. The van der Waals surface area contributed by atoms with E-state index in [0.717, 1.165) is 31.4 Å². The Morgan fingerprint density at radius 2 is 2.17 bits per heavy atom. The molecule has 4 nitrogen and oxygen atoms in total. The Bertz CT molecular complexity index is 604. The van der Waals surface area contributed by atoms with Crippen molar-refractivity contribution in [3.63, 3.8) is 0 Å². The van der Waals surface area contributed by atoms with Crippen molar-refractivity contribution >= 4 is 11.9 Å². The molecule has 0 radical (unpaired) electrons. The first kappa shape index (κ1) is 16.0. The highest BCUT2D eigenvalue weighted by molar-refractivity contribution is 5.83. The van der Waals surface area contributed by atoms with Crippen LogP contribution in [0.15, 0.2) is 24.3 Å². The molecule has 1 aliphatic carbocycles. The Hall–Kier alpha value is -1.91. The molecule has 1 heterocycles. The van der Waals surface area contributed by atoms with Gasteiger partial charge in [0.1, 0.15) is 5.82 Å². The van der Waals surface area contributed by atoms with Gasteiger partial charge in [-0.15, -0.1) is 0 Å². The molecule has 1 aromatic rings. The van der Waals surface area contributed by atoms with Crippen LogP contribution in [0.3, 0.4) is 0 Å². The SMILES string of the molecule is O=C(O)CC[C@@H]1CCCN(C(=O)[C@@H]2C[C@@H]2c2cccc(F)c2)C1. The molecule has 1 N–H and O–H groups in total. The van der Waals surface area contributed by atoms with E-state index in [1.54, 1.807) is 6.07 Å². The van der Waals surface area contributed by atoms with E-state index >= 15 is 0 Å². The lowest BCUT2D eigenvalue weighted by Gasteiger charge is -2.33. The lowest BCUT2D eigenvalue weighted by atomic mass is 9.93. The quantitative estimate of drug-likeness (QED) is 0.907. The van der Waals surface area contributed by atoms with E-state index in [-0.39, 0.29) is 35.9 Å². The van der Waals surface area contributed by atoms with E-state index < -0.39 is 5.97 Å². The number of halogens is 1. The van der Waals surface area contributed by atoms with Gasteiger partial charge < -0.3 is 10.0 Å². The second kappa shape index (κ2) is 6.69. The summed E-state index contributed by atoms with van der Waals surface area (Å²) in [5.74, 6) is -0.490. The van der Waals surface area contributed by atoms with Crippen LogP contribution in [0.25, 0.3) is 0 Å². The third-order valence-corrected chi connectivity index (χ3v) is 4.98. The summed E-state index contributed by atoms with van der Waals surface area (Å²) in [5.41, 5.74) is 0.905. The van der Waals surface area contributed by atoms with Gasteiger partial charge >= 0.3 is 5.97 Å². The van der Waals surface area contributed by atoms with E-state index in [9.17, 15) is 14.0 Å².